The summed E-state index contributed by atoms with van der Waals surface area (Å²) in [5.41, 5.74) is 0.453. The van der Waals surface area contributed by atoms with Crippen molar-refractivity contribution in [1.82, 2.24) is 15.1 Å². The van der Waals surface area contributed by atoms with Crippen LogP contribution in [-0.4, -0.2) is 21.7 Å². The second-order valence-electron chi connectivity index (χ2n) is 4.94. The van der Waals surface area contributed by atoms with Gasteiger partial charge in [0.25, 0.3) is 5.56 Å². The van der Waals surface area contributed by atoms with E-state index >= 15 is 0 Å². The van der Waals surface area contributed by atoms with Gasteiger partial charge in [0, 0.05) is 12.1 Å². The fraction of sp³-hybridized carbons (Fsp3) is 0.357. The molecule has 1 aliphatic rings. The van der Waals surface area contributed by atoms with Gasteiger partial charge in [0.15, 0.2) is 0 Å². The maximum absolute atomic E-state index is 12.0. The number of nitrogens with zero attached hydrogens (tertiary/aromatic N) is 2. The fourth-order valence-corrected chi connectivity index (χ4v) is 2.61. The predicted molar refractivity (Wildman–Crippen MR) is 77.7 cm³/mol. The molecule has 1 unspecified atom stereocenters. The van der Waals surface area contributed by atoms with Crippen molar-refractivity contribution in [2.24, 2.45) is 0 Å². The van der Waals surface area contributed by atoms with Crippen LogP contribution >= 0.6 is 11.3 Å². The van der Waals surface area contributed by atoms with Crippen molar-refractivity contribution in [3.8, 4) is 10.6 Å². The zero-order valence-corrected chi connectivity index (χ0v) is 11.9. The summed E-state index contributed by atoms with van der Waals surface area (Å²) in [6.45, 7) is 1.70. The number of amides is 1. The number of nitrogens with one attached hydrogen (secondary N) is 1. The van der Waals surface area contributed by atoms with E-state index in [0.717, 1.165) is 17.7 Å². The maximum atomic E-state index is 12.0. The molecule has 0 aliphatic heterocycles. The fourth-order valence-electron chi connectivity index (χ4n) is 1.92. The number of carbonyl (C=O) groups is 1. The molecule has 1 saturated carbocycles. The molecule has 0 radical (unpaired) electrons. The molecule has 6 heteroatoms. The normalized spacial score (nSPS) is 15.8. The second-order valence-corrected chi connectivity index (χ2v) is 5.89. The maximum Gasteiger partial charge on any atom is 0.267 e. The lowest BCUT2D eigenvalue weighted by Gasteiger charge is -2.14. The lowest BCUT2D eigenvalue weighted by atomic mass is 10.3. The van der Waals surface area contributed by atoms with Gasteiger partial charge in [0.2, 0.25) is 5.91 Å². The van der Waals surface area contributed by atoms with E-state index in [0.29, 0.717) is 5.69 Å². The molecule has 1 amide bonds. The van der Waals surface area contributed by atoms with E-state index in [1.807, 2.05) is 17.5 Å². The summed E-state index contributed by atoms with van der Waals surface area (Å²) in [6.07, 6.45) is 2.05. The van der Waals surface area contributed by atoms with Crippen molar-refractivity contribution in [3.05, 3.63) is 40.0 Å². The Labute approximate surface area is 120 Å². The molecule has 1 atom stereocenters. The third-order valence-electron chi connectivity index (χ3n) is 3.27. The average Bonchev–Trinajstić information content (AvgIpc) is 3.08. The molecule has 1 fully saturated rings. The Hall–Kier alpha value is -1.95. The number of aromatic nitrogens is 2. The summed E-state index contributed by atoms with van der Waals surface area (Å²) >= 11 is 1.55. The first-order valence-corrected chi connectivity index (χ1v) is 7.47. The van der Waals surface area contributed by atoms with Crippen LogP contribution < -0.4 is 10.9 Å². The molecule has 104 valence electrons. The van der Waals surface area contributed by atoms with Gasteiger partial charge in [-0.25, -0.2) is 4.68 Å². The SMILES string of the molecule is CC(C(=O)NC1CC1)n1nc(-c2cccs2)ccc1=O. The highest BCUT2D eigenvalue weighted by atomic mass is 32.1. The zero-order chi connectivity index (χ0) is 14.1. The lowest BCUT2D eigenvalue weighted by Crippen LogP contribution is -2.37. The summed E-state index contributed by atoms with van der Waals surface area (Å²) in [7, 11) is 0. The topological polar surface area (TPSA) is 64.0 Å². The van der Waals surface area contributed by atoms with Crippen LogP contribution in [0.2, 0.25) is 0 Å². The molecule has 1 N–H and O–H groups in total. The largest absolute Gasteiger partial charge is 0.352 e. The first kappa shape index (κ1) is 13.1. The van der Waals surface area contributed by atoms with Crippen LogP contribution in [0.4, 0.5) is 0 Å². The van der Waals surface area contributed by atoms with E-state index in [1.165, 1.54) is 10.7 Å². The number of hydrogen-bond donors (Lipinski definition) is 1. The van der Waals surface area contributed by atoms with E-state index < -0.39 is 6.04 Å². The molecule has 0 bridgehead atoms. The molecule has 20 heavy (non-hydrogen) atoms. The molecule has 0 aromatic carbocycles. The van der Waals surface area contributed by atoms with Crippen LogP contribution in [0.3, 0.4) is 0 Å². The summed E-state index contributed by atoms with van der Waals surface area (Å²) < 4.78 is 1.26. The standard InChI is InChI=1S/C14H15N3O2S/c1-9(14(19)15-10-4-5-10)17-13(18)7-6-11(16-17)12-3-2-8-20-12/h2-3,6-10H,4-5H2,1H3,(H,15,19). The third kappa shape index (κ3) is 2.65. The minimum absolute atomic E-state index is 0.148. The molecule has 5 nitrogen and oxygen atoms in total. The second kappa shape index (κ2) is 5.20. The van der Waals surface area contributed by atoms with E-state index in [9.17, 15) is 9.59 Å². The summed E-state index contributed by atoms with van der Waals surface area (Å²) in [5, 5.41) is 9.17. The van der Waals surface area contributed by atoms with Crippen molar-refractivity contribution in [3.63, 3.8) is 0 Å². The molecular formula is C14H15N3O2S. The van der Waals surface area contributed by atoms with Gasteiger partial charge in [0.1, 0.15) is 11.7 Å². The predicted octanol–water partition coefficient (Wildman–Crippen LogP) is 1.81. The van der Waals surface area contributed by atoms with Crippen molar-refractivity contribution in [1.29, 1.82) is 0 Å². The average molecular weight is 289 g/mol. The van der Waals surface area contributed by atoms with Crippen molar-refractivity contribution >= 4 is 17.2 Å². The highest BCUT2D eigenvalue weighted by Gasteiger charge is 2.27. The Morgan fingerprint density at radius 1 is 1.45 bits per heavy atom. The van der Waals surface area contributed by atoms with Gasteiger partial charge in [0.05, 0.1) is 4.88 Å². The first-order chi connectivity index (χ1) is 9.65. The van der Waals surface area contributed by atoms with Crippen LogP contribution in [0.25, 0.3) is 10.6 Å². The third-order valence-corrected chi connectivity index (χ3v) is 4.16. The molecule has 2 heterocycles. The van der Waals surface area contributed by atoms with Crippen LogP contribution in [0.1, 0.15) is 25.8 Å². The molecule has 2 aromatic rings. The van der Waals surface area contributed by atoms with Gasteiger partial charge in [-0.1, -0.05) is 6.07 Å². The van der Waals surface area contributed by atoms with Gasteiger partial charge in [-0.05, 0) is 37.3 Å². The van der Waals surface area contributed by atoms with E-state index in [-0.39, 0.29) is 17.5 Å². The molecule has 3 rings (SSSR count). The summed E-state index contributed by atoms with van der Waals surface area (Å²) in [5.74, 6) is -0.148. The molecule has 1 aliphatic carbocycles. The van der Waals surface area contributed by atoms with Gasteiger partial charge in [-0.15, -0.1) is 11.3 Å². The highest BCUT2D eigenvalue weighted by molar-refractivity contribution is 7.13. The molecule has 0 saturated heterocycles. The quantitative estimate of drug-likeness (QED) is 0.933. The number of hydrogen-bond acceptors (Lipinski definition) is 4. The summed E-state index contributed by atoms with van der Waals surface area (Å²) in [4.78, 5) is 24.9. The van der Waals surface area contributed by atoms with Crippen molar-refractivity contribution in [2.75, 3.05) is 0 Å². The van der Waals surface area contributed by atoms with Gasteiger partial charge in [-0.3, -0.25) is 9.59 Å². The van der Waals surface area contributed by atoms with Crippen LogP contribution in [0.15, 0.2) is 34.4 Å². The summed E-state index contributed by atoms with van der Waals surface area (Å²) in [6, 6.07) is 6.71. The molecule has 2 aromatic heterocycles. The lowest BCUT2D eigenvalue weighted by molar-refractivity contribution is -0.124. The van der Waals surface area contributed by atoms with Gasteiger partial charge >= 0.3 is 0 Å². The van der Waals surface area contributed by atoms with E-state index in [4.69, 9.17) is 0 Å². The number of thiophene rings is 1. The number of carbonyl (C=O) groups excluding carboxylic acids is 1. The first-order valence-electron chi connectivity index (χ1n) is 6.59. The Kier molecular flexibility index (Phi) is 3.40. The molecular weight excluding hydrogens is 274 g/mol. The monoisotopic (exact) mass is 289 g/mol. The minimum Gasteiger partial charge on any atom is -0.352 e. The van der Waals surface area contributed by atoms with E-state index in [2.05, 4.69) is 10.4 Å². The Bertz CT molecular complexity index is 674. The van der Waals surface area contributed by atoms with Crippen LogP contribution in [0.5, 0.6) is 0 Å². The van der Waals surface area contributed by atoms with E-state index in [1.54, 1.807) is 24.3 Å². The van der Waals surface area contributed by atoms with Gasteiger partial charge in [-0.2, -0.15) is 5.10 Å². The van der Waals surface area contributed by atoms with Crippen LogP contribution in [0, 0.1) is 0 Å². The minimum atomic E-state index is -0.594. The Morgan fingerprint density at radius 3 is 2.90 bits per heavy atom. The zero-order valence-electron chi connectivity index (χ0n) is 11.1. The highest BCUT2D eigenvalue weighted by Crippen LogP contribution is 2.22. The Balaban J connectivity index is 1.89. The molecule has 0 spiro atoms. The van der Waals surface area contributed by atoms with Gasteiger partial charge < -0.3 is 5.32 Å². The smallest absolute Gasteiger partial charge is 0.267 e. The van der Waals surface area contributed by atoms with Crippen molar-refractivity contribution < 1.29 is 4.79 Å². The Morgan fingerprint density at radius 2 is 2.25 bits per heavy atom. The van der Waals surface area contributed by atoms with Crippen LogP contribution in [-0.2, 0) is 4.79 Å². The number of rotatable bonds is 4. The van der Waals surface area contributed by atoms with Crippen molar-refractivity contribution in [2.45, 2.75) is 31.8 Å².